The Bertz CT molecular complexity index is 549. The van der Waals surface area contributed by atoms with Crippen molar-refractivity contribution in [3.05, 3.63) is 35.1 Å². The quantitative estimate of drug-likeness (QED) is 0.473. The Balaban J connectivity index is 2.83. The summed E-state index contributed by atoms with van der Waals surface area (Å²) >= 11 is 0. The summed E-state index contributed by atoms with van der Waals surface area (Å²) in [5, 5.41) is 0. The maximum Gasteiger partial charge on any atom is 0.194 e. The van der Waals surface area contributed by atoms with Crippen LogP contribution in [0, 0.1) is 17.5 Å². The van der Waals surface area contributed by atoms with Gasteiger partial charge in [0.1, 0.15) is 9.84 Å². The highest BCUT2D eigenvalue weighted by molar-refractivity contribution is 7.90. The predicted molar refractivity (Wildman–Crippen MR) is 65.3 cm³/mol. The standard InChI is InChI=1S/C11H15F3N2O2S/c1-19(17,18)6-2-3-9(16-15)7-4-5-8(12)11(14)10(7)13/h4-5,9,16H,2-3,6,15H2,1H3. The fourth-order valence-corrected chi connectivity index (χ4v) is 2.38. The predicted octanol–water partition coefficient (Wildman–Crippen LogP) is 1.43. The molecular formula is C11H15F3N2O2S. The van der Waals surface area contributed by atoms with Crippen molar-refractivity contribution in [2.45, 2.75) is 18.9 Å². The Morgan fingerprint density at radius 3 is 2.42 bits per heavy atom. The average molecular weight is 296 g/mol. The van der Waals surface area contributed by atoms with Gasteiger partial charge in [0, 0.05) is 23.6 Å². The smallest absolute Gasteiger partial charge is 0.194 e. The lowest BCUT2D eigenvalue weighted by molar-refractivity contribution is 0.418. The number of benzene rings is 1. The number of hydrazine groups is 1. The molecule has 1 atom stereocenters. The summed E-state index contributed by atoms with van der Waals surface area (Å²) in [5.41, 5.74) is 2.14. The molecule has 0 aliphatic rings. The van der Waals surface area contributed by atoms with Gasteiger partial charge >= 0.3 is 0 Å². The summed E-state index contributed by atoms with van der Waals surface area (Å²) in [4.78, 5) is 0. The molecule has 0 aromatic heterocycles. The zero-order valence-electron chi connectivity index (χ0n) is 10.3. The number of hydrogen-bond acceptors (Lipinski definition) is 4. The molecule has 0 saturated heterocycles. The number of nitrogens with two attached hydrogens (primary N) is 1. The van der Waals surface area contributed by atoms with E-state index in [9.17, 15) is 21.6 Å². The lowest BCUT2D eigenvalue weighted by Gasteiger charge is -2.17. The van der Waals surface area contributed by atoms with E-state index in [1.807, 2.05) is 0 Å². The average Bonchev–Trinajstić information content (AvgIpc) is 2.32. The van der Waals surface area contributed by atoms with E-state index >= 15 is 0 Å². The molecule has 0 spiro atoms. The second-order valence-electron chi connectivity index (χ2n) is 4.26. The molecule has 1 unspecified atom stereocenters. The summed E-state index contributed by atoms with van der Waals surface area (Å²) in [7, 11) is -3.13. The van der Waals surface area contributed by atoms with E-state index in [1.165, 1.54) is 0 Å². The molecule has 0 amide bonds. The van der Waals surface area contributed by atoms with E-state index in [0.717, 1.165) is 18.4 Å². The Labute approximate surface area is 109 Å². The highest BCUT2D eigenvalue weighted by Crippen LogP contribution is 2.24. The topological polar surface area (TPSA) is 72.2 Å². The molecule has 0 aliphatic carbocycles. The molecule has 8 heteroatoms. The first-order valence-corrected chi connectivity index (χ1v) is 7.59. The highest BCUT2D eigenvalue weighted by atomic mass is 32.2. The summed E-state index contributed by atoms with van der Waals surface area (Å²) in [6.07, 6.45) is 1.49. The zero-order valence-corrected chi connectivity index (χ0v) is 11.1. The first-order chi connectivity index (χ1) is 8.76. The van der Waals surface area contributed by atoms with Gasteiger partial charge in [-0.2, -0.15) is 0 Å². The van der Waals surface area contributed by atoms with Crippen LogP contribution in [-0.2, 0) is 9.84 Å². The van der Waals surface area contributed by atoms with Crippen molar-refractivity contribution in [1.82, 2.24) is 5.43 Å². The lowest BCUT2D eigenvalue weighted by atomic mass is 10.0. The number of sulfone groups is 1. The molecule has 1 rings (SSSR count). The van der Waals surface area contributed by atoms with Crippen LogP contribution in [0.1, 0.15) is 24.4 Å². The Hall–Kier alpha value is -1.12. The molecule has 0 radical (unpaired) electrons. The summed E-state index contributed by atoms with van der Waals surface area (Å²) in [6, 6.07) is 1.10. The minimum atomic E-state index is -3.13. The van der Waals surface area contributed by atoms with Crippen LogP contribution in [0.2, 0.25) is 0 Å². The molecule has 3 N–H and O–H groups in total. The van der Waals surface area contributed by atoms with E-state index in [0.29, 0.717) is 0 Å². The second-order valence-corrected chi connectivity index (χ2v) is 6.52. The Kier molecular flexibility index (Phi) is 5.33. The maximum atomic E-state index is 13.5. The van der Waals surface area contributed by atoms with Crippen molar-refractivity contribution in [3.63, 3.8) is 0 Å². The summed E-state index contributed by atoms with van der Waals surface area (Å²) < 4.78 is 61.3. The minimum absolute atomic E-state index is 0.0868. The van der Waals surface area contributed by atoms with Crippen molar-refractivity contribution in [1.29, 1.82) is 0 Å². The highest BCUT2D eigenvalue weighted by Gasteiger charge is 2.20. The molecule has 0 saturated carbocycles. The van der Waals surface area contributed by atoms with Crippen molar-refractivity contribution >= 4 is 9.84 Å². The Morgan fingerprint density at radius 1 is 1.26 bits per heavy atom. The van der Waals surface area contributed by atoms with Gasteiger partial charge < -0.3 is 0 Å². The van der Waals surface area contributed by atoms with E-state index in [2.05, 4.69) is 5.43 Å². The van der Waals surface area contributed by atoms with Crippen molar-refractivity contribution in [3.8, 4) is 0 Å². The fourth-order valence-electron chi connectivity index (χ4n) is 1.69. The summed E-state index contributed by atoms with van der Waals surface area (Å²) in [5.74, 6) is 0.972. The van der Waals surface area contributed by atoms with Crippen LogP contribution in [0.3, 0.4) is 0 Å². The maximum absolute atomic E-state index is 13.5. The fraction of sp³-hybridized carbons (Fsp3) is 0.455. The van der Waals surface area contributed by atoms with Gasteiger partial charge in [0.2, 0.25) is 0 Å². The molecule has 108 valence electrons. The van der Waals surface area contributed by atoms with Crippen molar-refractivity contribution in [2.75, 3.05) is 12.0 Å². The molecule has 4 nitrogen and oxygen atoms in total. The van der Waals surface area contributed by atoms with Gasteiger partial charge in [0.25, 0.3) is 0 Å². The number of halogens is 3. The van der Waals surface area contributed by atoms with Crippen LogP contribution in [0.5, 0.6) is 0 Å². The van der Waals surface area contributed by atoms with Gasteiger partial charge in [-0.1, -0.05) is 6.07 Å². The third-order valence-corrected chi connectivity index (χ3v) is 3.68. The molecular weight excluding hydrogens is 281 g/mol. The third kappa shape index (κ3) is 4.48. The number of hydrogen-bond donors (Lipinski definition) is 2. The van der Waals surface area contributed by atoms with Gasteiger partial charge in [-0.25, -0.2) is 21.6 Å². The van der Waals surface area contributed by atoms with Crippen LogP contribution in [0.15, 0.2) is 12.1 Å². The zero-order chi connectivity index (χ0) is 14.6. The van der Waals surface area contributed by atoms with E-state index in [-0.39, 0.29) is 24.2 Å². The largest absolute Gasteiger partial charge is 0.271 e. The molecule has 0 aliphatic heterocycles. The van der Waals surface area contributed by atoms with Crippen molar-refractivity contribution < 1.29 is 21.6 Å². The lowest BCUT2D eigenvalue weighted by Crippen LogP contribution is -2.29. The second kappa shape index (κ2) is 6.36. The Morgan fingerprint density at radius 2 is 1.89 bits per heavy atom. The van der Waals surface area contributed by atoms with Gasteiger partial charge in [0.15, 0.2) is 17.5 Å². The van der Waals surface area contributed by atoms with Gasteiger partial charge in [-0.3, -0.25) is 11.3 Å². The van der Waals surface area contributed by atoms with Gasteiger partial charge in [0.05, 0.1) is 0 Å². The summed E-state index contributed by atoms with van der Waals surface area (Å²) in [6.45, 7) is 0. The molecule has 0 fully saturated rings. The number of rotatable bonds is 6. The molecule has 19 heavy (non-hydrogen) atoms. The molecule has 0 bridgehead atoms. The molecule has 0 heterocycles. The first-order valence-electron chi connectivity index (χ1n) is 5.53. The van der Waals surface area contributed by atoms with Crippen LogP contribution < -0.4 is 11.3 Å². The SMILES string of the molecule is CS(=O)(=O)CCCC(NN)c1ccc(F)c(F)c1F. The van der Waals surface area contributed by atoms with Crippen LogP contribution in [0.25, 0.3) is 0 Å². The van der Waals surface area contributed by atoms with E-state index in [4.69, 9.17) is 5.84 Å². The van der Waals surface area contributed by atoms with Gasteiger partial charge in [-0.15, -0.1) is 0 Å². The van der Waals surface area contributed by atoms with E-state index in [1.54, 1.807) is 0 Å². The monoisotopic (exact) mass is 296 g/mol. The van der Waals surface area contributed by atoms with Crippen LogP contribution >= 0.6 is 0 Å². The first kappa shape index (κ1) is 15.9. The van der Waals surface area contributed by atoms with Gasteiger partial charge in [-0.05, 0) is 18.9 Å². The third-order valence-electron chi connectivity index (χ3n) is 2.65. The van der Waals surface area contributed by atoms with Crippen LogP contribution in [-0.4, -0.2) is 20.4 Å². The van der Waals surface area contributed by atoms with Crippen LogP contribution in [0.4, 0.5) is 13.2 Å². The molecule has 1 aromatic carbocycles. The number of nitrogens with one attached hydrogen (secondary N) is 1. The van der Waals surface area contributed by atoms with Crippen molar-refractivity contribution in [2.24, 2.45) is 5.84 Å². The van der Waals surface area contributed by atoms with E-state index < -0.39 is 33.3 Å². The normalized spacial score (nSPS) is 13.5. The minimum Gasteiger partial charge on any atom is -0.271 e. The molecule has 1 aromatic rings.